The van der Waals surface area contributed by atoms with Crippen molar-refractivity contribution < 1.29 is 14.4 Å². The van der Waals surface area contributed by atoms with Gasteiger partial charge in [0.25, 0.3) is 5.91 Å². The summed E-state index contributed by atoms with van der Waals surface area (Å²) in [5.74, 6) is 0.0989. The molecule has 1 aliphatic heterocycles. The van der Waals surface area contributed by atoms with Crippen molar-refractivity contribution in [2.24, 2.45) is 23.0 Å². The van der Waals surface area contributed by atoms with Crippen LogP contribution in [0.3, 0.4) is 0 Å². The van der Waals surface area contributed by atoms with E-state index in [9.17, 15) is 14.4 Å². The van der Waals surface area contributed by atoms with Crippen LogP contribution < -0.4 is 16.4 Å². The van der Waals surface area contributed by atoms with E-state index in [4.69, 9.17) is 5.73 Å². The number of halogens is 1. The molecule has 0 bridgehead atoms. The van der Waals surface area contributed by atoms with Crippen molar-refractivity contribution >= 4 is 30.3 Å². The molecule has 0 aromatic rings. The summed E-state index contributed by atoms with van der Waals surface area (Å²) >= 11 is 0. The Morgan fingerprint density at radius 2 is 1.93 bits per heavy atom. The van der Waals surface area contributed by atoms with Gasteiger partial charge in [0, 0.05) is 6.04 Å². The lowest BCUT2D eigenvalue weighted by Gasteiger charge is -2.43. The lowest BCUT2D eigenvalue weighted by molar-refractivity contribution is -0.137. The lowest BCUT2D eigenvalue weighted by atomic mass is 9.64. The van der Waals surface area contributed by atoms with Crippen LogP contribution in [-0.4, -0.2) is 47.4 Å². The van der Waals surface area contributed by atoms with Gasteiger partial charge < -0.3 is 16.4 Å². The van der Waals surface area contributed by atoms with Gasteiger partial charge in [-0.3, -0.25) is 14.5 Å². The van der Waals surface area contributed by atoms with Gasteiger partial charge >= 0.3 is 6.03 Å². The molecule has 8 heteroatoms. The molecule has 2 aliphatic carbocycles. The third-order valence-electron chi connectivity index (χ3n) is 6.48. The highest BCUT2D eigenvalue weighted by Crippen LogP contribution is 2.46. The molecule has 4 atom stereocenters. The van der Waals surface area contributed by atoms with Crippen molar-refractivity contribution in [2.45, 2.75) is 77.3 Å². The Kier molecular flexibility index (Phi) is 7.03. The van der Waals surface area contributed by atoms with Gasteiger partial charge in [-0.15, -0.1) is 12.4 Å². The van der Waals surface area contributed by atoms with Gasteiger partial charge in [0.2, 0.25) is 5.91 Å². The Bertz CT molecular complexity index is 627. The van der Waals surface area contributed by atoms with Crippen molar-refractivity contribution in [3.8, 4) is 0 Å². The molecular formula is C20H35ClN4O3. The molecule has 4 amide bonds. The molecule has 0 aromatic heterocycles. The summed E-state index contributed by atoms with van der Waals surface area (Å²) in [7, 11) is 0. The summed E-state index contributed by atoms with van der Waals surface area (Å²) in [6.07, 6.45) is 6.41. The van der Waals surface area contributed by atoms with Gasteiger partial charge in [0.1, 0.15) is 12.1 Å². The summed E-state index contributed by atoms with van der Waals surface area (Å²) in [4.78, 5) is 39.3. The molecule has 3 aliphatic rings. The first kappa shape index (κ1) is 22.9. The van der Waals surface area contributed by atoms with Gasteiger partial charge in [0.05, 0.1) is 0 Å². The van der Waals surface area contributed by atoms with Crippen LogP contribution in [-0.2, 0) is 9.59 Å². The predicted molar refractivity (Wildman–Crippen MR) is 110 cm³/mol. The SMILES string of the molecule is CC1CC(C)(C)CC2(C1)NC(=O)N(CC(=O)NC1CCCCC1CN)C2=O.Cl. The molecule has 160 valence electrons. The zero-order chi connectivity index (χ0) is 19.8. The highest BCUT2D eigenvalue weighted by atomic mass is 35.5. The summed E-state index contributed by atoms with van der Waals surface area (Å²) in [5.41, 5.74) is 4.95. The number of urea groups is 1. The molecule has 7 nitrogen and oxygen atoms in total. The van der Waals surface area contributed by atoms with Crippen LogP contribution in [0.5, 0.6) is 0 Å². The molecule has 28 heavy (non-hydrogen) atoms. The Hall–Kier alpha value is -1.34. The minimum atomic E-state index is -0.858. The van der Waals surface area contributed by atoms with E-state index in [1.54, 1.807) is 0 Å². The molecule has 1 spiro atoms. The van der Waals surface area contributed by atoms with Crippen LogP contribution >= 0.6 is 12.4 Å². The first-order chi connectivity index (χ1) is 12.7. The molecule has 1 heterocycles. The average molecular weight is 415 g/mol. The van der Waals surface area contributed by atoms with Crippen LogP contribution in [0.15, 0.2) is 0 Å². The Labute approximate surface area is 173 Å². The smallest absolute Gasteiger partial charge is 0.325 e. The van der Waals surface area contributed by atoms with Crippen LogP contribution in [0.2, 0.25) is 0 Å². The normalized spacial score (nSPS) is 34.7. The van der Waals surface area contributed by atoms with Crippen molar-refractivity contribution in [3.05, 3.63) is 0 Å². The van der Waals surface area contributed by atoms with E-state index in [0.717, 1.165) is 37.0 Å². The molecule has 0 aromatic carbocycles. The van der Waals surface area contributed by atoms with Gasteiger partial charge in [-0.1, -0.05) is 33.6 Å². The number of carbonyl (C=O) groups excluding carboxylic acids is 3. The van der Waals surface area contributed by atoms with Crippen molar-refractivity contribution in [1.29, 1.82) is 0 Å². The Morgan fingerprint density at radius 1 is 1.25 bits per heavy atom. The maximum absolute atomic E-state index is 13.1. The number of nitrogens with zero attached hydrogens (tertiary/aromatic N) is 1. The largest absolute Gasteiger partial charge is 0.351 e. The number of carbonyl (C=O) groups is 3. The topological polar surface area (TPSA) is 105 Å². The van der Waals surface area contributed by atoms with E-state index < -0.39 is 11.6 Å². The van der Waals surface area contributed by atoms with Crippen molar-refractivity contribution in [3.63, 3.8) is 0 Å². The van der Waals surface area contributed by atoms with E-state index in [1.807, 2.05) is 0 Å². The van der Waals surface area contributed by atoms with Crippen molar-refractivity contribution in [1.82, 2.24) is 15.5 Å². The fourth-order valence-electron chi connectivity index (χ4n) is 5.73. The van der Waals surface area contributed by atoms with Crippen LogP contribution in [0.25, 0.3) is 0 Å². The van der Waals surface area contributed by atoms with Gasteiger partial charge in [-0.05, 0) is 55.9 Å². The number of imide groups is 1. The van der Waals surface area contributed by atoms with E-state index in [1.165, 1.54) is 0 Å². The second-order valence-corrected chi connectivity index (χ2v) is 9.71. The second kappa shape index (κ2) is 8.57. The Morgan fingerprint density at radius 3 is 2.57 bits per heavy atom. The highest BCUT2D eigenvalue weighted by Gasteiger charge is 2.56. The molecule has 2 saturated carbocycles. The molecular weight excluding hydrogens is 380 g/mol. The van der Waals surface area contributed by atoms with Gasteiger partial charge in [-0.25, -0.2) is 4.79 Å². The molecule has 1 saturated heterocycles. The molecule has 4 unspecified atom stereocenters. The number of nitrogens with two attached hydrogens (primary N) is 1. The number of amides is 4. The minimum Gasteiger partial charge on any atom is -0.351 e. The second-order valence-electron chi connectivity index (χ2n) is 9.71. The minimum absolute atomic E-state index is 0. The Balaban J connectivity index is 0.00000280. The maximum Gasteiger partial charge on any atom is 0.325 e. The number of rotatable bonds is 4. The number of hydrogen-bond acceptors (Lipinski definition) is 4. The fourth-order valence-corrected chi connectivity index (χ4v) is 5.73. The standard InChI is InChI=1S/C20H34N4O3.ClH/c1-13-8-19(2,3)12-20(9-13)17(26)24(18(27)23-20)11-16(25)22-15-7-5-4-6-14(15)10-21;/h13-15H,4-12,21H2,1-3H3,(H,22,25)(H,23,27);1H. The van der Waals surface area contributed by atoms with Crippen LogP contribution in [0.4, 0.5) is 4.79 Å². The molecule has 3 fully saturated rings. The van der Waals surface area contributed by atoms with Gasteiger partial charge in [0.15, 0.2) is 0 Å². The summed E-state index contributed by atoms with van der Waals surface area (Å²) in [5, 5.41) is 5.93. The van der Waals surface area contributed by atoms with Crippen molar-refractivity contribution in [2.75, 3.05) is 13.1 Å². The summed E-state index contributed by atoms with van der Waals surface area (Å²) in [6.45, 7) is 6.72. The van der Waals surface area contributed by atoms with Gasteiger partial charge in [-0.2, -0.15) is 0 Å². The predicted octanol–water partition coefficient (Wildman–Crippen LogP) is 2.18. The van der Waals surface area contributed by atoms with Crippen LogP contribution in [0, 0.1) is 17.3 Å². The average Bonchev–Trinajstić information content (AvgIpc) is 2.77. The molecule has 4 N–H and O–H groups in total. The first-order valence-electron chi connectivity index (χ1n) is 10.3. The zero-order valence-corrected chi connectivity index (χ0v) is 18.1. The lowest BCUT2D eigenvalue weighted by Crippen LogP contribution is -2.54. The quantitative estimate of drug-likeness (QED) is 0.613. The number of hydrogen-bond donors (Lipinski definition) is 3. The van der Waals surface area contributed by atoms with E-state index in [-0.39, 0.29) is 48.1 Å². The van der Waals surface area contributed by atoms with Crippen LogP contribution in [0.1, 0.15) is 65.7 Å². The molecule has 3 rings (SSSR count). The monoisotopic (exact) mass is 414 g/mol. The summed E-state index contributed by atoms with van der Waals surface area (Å²) in [6, 6.07) is -0.404. The van der Waals surface area contributed by atoms with E-state index >= 15 is 0 Å². The first-order valence-corrected chi connectivity index (χ1v) is 10.3. The maximum atomic E-state index is 13.1. The third-order valence-corrected chi connectivity index (χ3v) is 6.48. The van der Waals surface area contributed by atoms with E-state index in [0.29, 0.717) is 25.3 Å². The summed E-state index contributed by atoms with van der Waals surface area (Å²) < 4.78 is 0. The van der Waals surface area contributed by atoms with E-state index in [2.05, 4.69) is 31.4 Å². The third kappa shape index (κ3) is 4.62. The number of nitrogens with one attached hydrogen (secondary N) is 2. The zero-order valence-electron chi connectivity index (χ0n) is 17.3. The molecule has 0 radical (unpaired) electrons. The fraction of sp³-hybridized carbons (Fsp3) is 0.850. The highest BCUT2D eigenvalue weighted by molar-refractivity contribution is 6.09.